The molecule has 1 aromatic rings. The van der Waals surface area contributed by atoms with E-state index in [0.717, 1.165) is 32.0 Å². The maximum Gasteiger partial charge on any atom is 0.573 e. The van der Waals surface area contributed by atoms with Crippen LogP contribution in [-0.2, 0) is 0 Å². The van der Waals surface area contributed by atoms with E-state index in [2.05, 4.69) is 10.1 Å². The van der Waals surface area contributed by atoms with Crippen LogP contribution in [0.4, 0.5) is 13.2 Å². The van der Waals surface area contributed by atoms with Crippen molar-refractivity contribution in [3.8, 4) is 11.5 Å². The number of piperidine rings is 1. The van der Waals surface area contributed by atoms with Crippen LogP contribution in [0.2, 0.25) is 5.02 Å². The normalized spacial score (nSPS) is 17.3. The zero-order chi connectivity index (χ0) is 13.9. The van der Waals surface area contributed by atoms with Crippen molar-refractivity contribution in [1.29, 1.82) is 0 Å². The van der Waals surface area contributed by atoms with Gasteiger partial charge in [-0.25, -0.2) is 0 Å². The van der Waals surface area contributed by atoms with E-state index in [-0.39, 0.29) is 11.1 Å². The molecule has 0 saturated carbocycles. The summed E-state index contributed by atoms with van der Waals surface area (Å²) in [6.07, 6.45) is -2.97. The van der Waals surface area contributed by atoms with Crippen molar-refractivity contribution >= 4 is 11.6 Å². The second kappa shape index (κ2) is 5.88. The number of hydrogen-bond acceptors (Lipinski definition) is 3. The van der Waals surface area contributed by atoms with Crippen molar-refractivity contribution in [2.75, 3.05) is 13.1 Å². The number of hydrogen-bond donors (Lipinski definition) is 1. The molecule has 1 saturated heterocycles. The molecule has 0 radical (unpaired) electrons. The molecule has 7 heteroatoms. The van der Waals surface area contributed by atoms with Crippen molar-refractivity contribution < 1.29 is 22.6 Å². The van der Waals surface area contributed by atoms with Gasteiger partial charge < -0.3 is 14.8 Å². The fourth-order valence-corrected chi connectivity index (χ4v) is 2.08. The third-order valence-electron chi connectivity index (χ3n) is 2.72. The van der Waals surface area contributed by atoms with E-state index in [1.807, 2.05) is 0 Å². The molecule has 0 aliphatic carbocycles. The summed E-state index contributed by atoms with van der Waals surface area (Å²) in [5.41, 5.74) is 0. The zero-order valence-electron chi connectivity index (χ0n) is 9.97. The van der Waals surface area contributed by atoms with Crippen LogP contribution in [-0.4, -0.2) is 25.6 Å². The average Bonchev–Trinajstić information content (AvgIpc) is 2.33. The summed E-state index contributed by atoms with van der Waals surface area (Å²) in [6, 6.07) is 3.92. The Kier molecular flexibility index (Phi) is 4.42. The lowest BCUT2D eigenvalue weighted by atomic mass is 10.1. The van der Waals surface area contributed by atoms with Gasteiger partial charge in [0.2, 0.25) is 0 Å². The van der Waals surface area contributed by atoms with Gasteiger partial charge in [-0.2, -0.15) is 0 Å². The van der Waals surface area contributed by atoms with Gasteiger partial charge in [0.1, 0.15) is 17.6 Å². The molecule has 106 valence electrons. The monoisotopic (exact) mass is 295 g/mol. The van der Waals surface area contributed by atoms with E-state index in [1.165, 1.54) is 12.1 Å². The average molecular weight is 296 g/mol. The number of nitrogens with one attached hydrogen (secondary N) is 1. The summed E-state index contributed by atoms with van der Waals surface area (Å²) in [5.74, 6) is 0.0262. The maximum absolute atomic E-state index is 12.1. The summed E-state index contributed by atoms with van der Waals surface area (Å²) < 4.78 is 45.7. The van der Waals surface area contributed by atoms with Crippen LogP contribution in [0.25, 0.3) is 0 Å². The fourth-order valence-electron chi connectivity index (χ4n) is 1.87. The molecule has 1 N–H and O–H groups in total. The molecule has 1 aliphatic heterocycles. The first-order chi connectivity index (χ1) is 8.94. The van der Waals surface area contributed by atoms with Gasteiger partial charge in [0, 0.05) is 6.07 Å². The first-order valence-corrected chi connectivity index (χ1v) is 6.24. The van der Waals surface area contributed by atoms with Gasteiger partial charge in [0.05, 0.1) is 5.02 Å². The first-order valence-electron chi connectivity index (χ1n) is 5.87. The van der Waals surface area contributed by atoms with E-state index < -0.39 is 12.1 Å². The van der Waals surface area contributed by atoms with Crippen LogP contribution >= 0.6 is 11.6 Å². The molecular weight excluding hydrogens is 283 g/mol. The second-order valence-electron chi connectivity index (χ2n) is 4.21. The Morgan fingerprint density at radius 2 is 1.89 bits per heavy atom. The molecule has 0 aromatic heterocycles. The summed E-state index contributed by atoms with van der Waals surface area (Å²) >= 11 is 5.74. The van der Waals surface area contributed by atoms with Gasteiger partial charge in [-0.05, 0) is 38.1 Å². The molecule has 0 amide bonds. The molecule has 1 aliphatic rings. The number of rotatable bonds is 3. The first kappa shape index (κ1) is 14.3. The fraction of sp³-hybridized carbons (Fsp3) is 0.500. The minimum Gasteiger partial charge on any atom is -0.490 e. The van der Waals surface area contributed by atoms with Crippen LogP contribution in [0.15, 0.2) is 18.2 Å². The minimum absolute atomic E-state index is 0.0618. The third kappa shape index (κ3) is 4.47. The van der Waals surface area contributed by atoms with E-state index in [9.17, 15) is 13.2 Å². The standard InChI is InChI=1S/C12H13ClF3NO2/c13-10-7-9(18-8-3-5-17-6-4-8)1-2-11(10)19-12(14,15)16/h1-2,7-8,17H,3-6H2. The third-order valence-corrected chi connectivity index (χ3v) is 3.01. The zero-order valence-corrected chi connectivity index (χ0v) is 10.7. The van der Waals surface area contributed by atoms with Crippen LogP contribution in [0, 0.1) is 0 Å². The predicted molar refractivity (Wildman–Crippen MR) is 64.7 cm³/mol. The lowest BCUT2D eigenvalue weighted by molar-refractivity contribution is -0.274. The topological polar surface area (TPSA) is 30.5 Å². The van der Waals surface area contributed by atoms with Crippen molar-refractivity contribution in [3.05, 3.63) is 23.2 Å². The maximum atomic E-state index is 12.1. The Bertz CT molecular complexity index is 433. The molecule has 1 fully saturated rings. The smallest absolute Gasteiger partial charge is 0.490 e. The van der Waals surface area contributed by atoms with E-state index >= 15 is 0 Å². The minimum atomic E-state index is -4.75. The Morgan fingerprint density at radius 3 is 2.47 bits per heavy atom. The SMILES string of the molecule is FC(F)(F)Oc1ccc(OC2CCNCC2)cc1Cl. The van der Waals surface area contributed by atoms with Crippen LogP contribution in [0.3, 0.4) is 0 Å². The van der Waals surface area contributed by atoms with E-state index in [1.54, 1.807) is 0 Å². The quantitative estimate of drug-likeness (QED) is 0.927. The molecular formula is C12H13ClF3NO2. The summed E-state index contributed by atoms with van der Waals surface area (Å²) in [7, 11) is 0. The van der Waals surface area contributed by atoms with Gasteiger partial charge in [0.25, 0.3) is 0 Å². The highest BCUT2D eigenvalue weighted by Crippen LogP contribution is 2.33. The highest BCUT2D eigenvalue weighted by Gasteiger charge is 2.32. The van der Waals surface area contributed by atoms with Gasteiger partial charge in [-0.3, -0.25) is 0 Å². The van der Waals surface area contributed by atoms with Gasteiger partial charge in [-0.1, -0.05) is 11.6 Å². The Labute approximate surface area is 113 Å². The van der Waals surface area contributed by atoms with Gasteiger partial charge >= 0.3 is 6.36 Å². The Morgan fingerprint density at radius 1 is 1.21 bits per heavy atom. The summed E-state index contributed by atoms with van der Waals surface area (Å²) in [4.78, 5) is 0. The van der Waals surface area contributed by atoms with Crippen LogP contribution < -0.4 is 14.8 Å². The van der Waals surface area contributed by atoms with E-state index in [0.29, 0.717) is 5.75 Å². The van der Waals surface area contributed by atoms with Gasteiger partial charge in [0.15, 0.2) is 0 Å². The number of ether oxygens (including phenoxy) is 2. The van der Waals surface area contributed by atoms with Crippen molar-refractivity contribution in [3.63, 3.8) is 0 Å². The van der Waals surface area contributed by atoms with Crippen molar-refractivity contribution in [2.45, 2.75) is 25.3 Å². The number of benzene rings is 1. The Hall–Kier alpha value is -1.14. The number of halogens is 4. The largest absolute Gasteiger partial charge is 0.573 e. The summed E-state index contributed by atoms with van der Waals surface area (Å²) in [6.45, 7) is 1.74. The highest BCUT2D eigenvalue weighted by molar-refractivity contribution is 6.32. The molecule has 0 atom stereocenters. The highest BCUT2D eigenvalue weighted by atomic mass is 35.5. The summed E-state index contributed by atoms with van der Waals surface area (Å²) in [5, 5.41) is 3.07. The molecule has 3 nitrogen and oxygen atoms in total. The molecule has 0 unspecified atom stereocenters. The molecule has 2 rings (SSSR count). The Balaban J connectivity index is 2.01. The second-order valence-corrected chi connectivity index (χ2v) is 4.61. The molecule has 1 aromatic carbocycles. The molecule has 1 heterocycles. The van der Waals surface area contributed by atoms with E-state index in [4.69, 9.17) is 16.3 Å². The van der Waals surface area contributed by atoms with Crippen molar-refractivity contribution in [1.82, 2.24) is 5.32 Å². The van der Waals surface area contributed by atoms with Gasteiger partial charge in [-0.15, -0.1) is 13.2 Å². The van der Waals surface area contributed by atoms with Crippen LogP contribution in [0.1, 0.15) is 12.8 Å². The van der Waals surface area contributed by atoms with Crippen LogP contribution in [0.5, 0.6) is 11.5 Å². The predicted octanol–water partition coefficient (Wildman–Crippen LogP) is 3.37. The number of alkyl halides is 3. The lowest BCUT2D eigenvalue weighted by Crippen LogP contribution is -2.34. The molecule has 0 bridgehead atoms. The van der Waals surface area contributed by atoms with Crippen molar-refractivity contribution in [2.24, 2.45) is 0 Å². The molecule has 19 heavy (non-hydrogen) atoms. The molecule has 0 spiro atoms. The lowest BCUT2D eigenvalue weighted by Gasteiger charge is -2.24.